The average molecular weight is 730 g/mol. The minimum Gasteiger partial charge on any atom is -0.321 e. The second kappa shape index (κ2) is 16.5. The Labute approximate surface area is 305 Å². The average Bonchev–Trinajstić information content (AvgIpc) is 3.63. The lowest BCUT2D eigenvalue weighted by Gasteiger charge is -2.17. The van der Waals surface area contributed by atoms with E-state index >= 15 is 0 Å². The van der Waals surface area contributed by atoms with Crippen molar-refractivity contribution < 1.29 is 23.7 Å². The fourth-order valence-corrected chi connectivity index (χ4v) is 6.77. The highest BCUT2D eigenvalue weighted by Crippen LogP contribution is 2.38. The van der Waals surface area contributed by atoms with Gasteiger partial charge in [-0.2, -0.15) is 0 Å². The molecule has 3 amide bonds. The van der Waals surface area contributed by atoms with Crippen LogP contribution < -0.4 is 16.0 Å². The second-order valence-corrected chi connectivity index (χ2v) is 13.2. The molecule has 1 unspecified atom stereocenters. The summed E-state index contributed by atoms with van der Waals surface area (Å²) >= 11 is 2.46. The second-order valence-electron chi connectivity index (χ2n) is 11.2. The summed E-state index contributed by atoms with van der Waals surface area (Å²) in [4.78, 5) is 56.3. The van der Waals surface area contributed by atoms with Gasteiger partial charge >= 0.3 is 0 Å². The third kappa shape index (κ3) is 9.21. The van der Waals surface area contributed by atoms with Gasteiger partial charge in [0.1, 0.15) is 16.8 Å². The van der Waals surface area contributed by atoms with Crippen LogP contribution >= 0.6 is 23.1 Å². The van der Waals surface area contributed by atoms with Crippen LogP contribution in [-0.4, -0.2) is 27.6 Å². The zero-order valence-electron chi connectivity index (χ0n) is 27.1. The number of nitro benzene ring substituents is 1. The zero-order valence-corrected chi connectivity index (χ0v) is 28.7. The SMILES string of the molecule is O=C(Nc1cccc(SC(C(=O)Nc2nc(-c3cccc([N+](=O)[O-])c3)cs2)c2ccccc2)c1)/C(=C/c1ccc(F)cc1)NC(=O)c1ccccc1. The number of thiazole rings is 1. The summed E-state index contributed by atoms with van der Waals surface area (Å²) in [5.41, 5.74) is 2.89. The predicted octanol–water partition coefficient (Wildman–Crippen LogP) is 8.74. The number of rotatable bonds is 12. The Morgan fingerprint density at radius 3 is 2.27 bits per heavy atom. The van der Waals surface area contributed by atoms with E-state index in [1.54, 1.807) is 72.1 Å². The van der Waals surface area contributed by atoms with Crippen molar-refractivity contribution in [2.75, 3.05) is 10.6 Å². The summed E-state index contributed by atoms with van der Waals surface area (Å²) in [5, 5.41) is 20.9. The van der Waals surface area contributed by atoms with E-state index in [9.17, 15) is 28.9 Å². The fourth-order valence-electron chi connectivity index (χ4n) is 4.96. The van der Waals surface area contributed by atoms with Gasteiger partial charge in [-0.3, -0.25) is 24.5 Å². The summed E-state index contributed by atoms with van der Waals surface area (Å²) in [6.07, 6.45) is 1.45. The summed E-state index contributed by atoms with van der Waals surface area (Å²) in [7, 11) is 0. The van der Waals surface area contributed by atoms with Crippen molar-refractivity contribution in [2.24, 2.45) is 0 Å². The number of benzene rings is 5. The number of carbonyl (C=O) groups is 3. The van der Waals surface area contributed by atoms with Crippen LogP contribution in [0.15, 0.2) is 149 Å². The molecule has 0 fully saturated rings. The molecule has 6 rings (SSSR count). The van der Waals surface area contributed by atoms with Crippen molar-refractivity contribution in [1.82, 2.24) is 10.3 Å². The molecule has 0 radical (unpaired) electrons. The normalized spacial score (nSPS) is 11.7. The van der Waals surface area contributed by atoms with Crippen molar-refractivity contribution in [3.63, 3.8) is 0 Å². The van der Waals surface area contributed by atoms with Crippen LogP contribution in [0.1, 0.15) is 26.7 Å². The number of non-ortho nitro benzene ring substituents is 1. The van der Waals surface area contributed by atoms with Gasteiger partial charge in [0.05, 0.1) is 10.6 Å². The van der Waals surface area contributed by atoms with E-state index in [2.05, 4.69) is 20.9 Å². The van der Waals surface area contributed by atoms with Crippen molar-refractivity contribution in [3.8, 4) is 11.3 Å². The number of amides is 3. The Morgan fingerprint density at radius 1 is 0.827 bits per heavy atom. The van der Waals surface area contributed by atoms with Crippen molar-refractivity contribution in [3.05, 3.63) is 177 Å². The molecule has 0 aliphatic rings. The molecular weight excluding hydrogens is 702 g/mol. The van der Waals surface area contributed by atoms with E-state index in [1.165, 1.54) is 65.6 Å². The lowest BCUT2D eigenvalue weighted by Crippen LogP contribution is -2.30. The van der Waals surface area contributed by atoms with Crippen LogP contribution in [0.25, 0.3) is 17.3 Å². The van der Waals surface area contributed by atoms with Crippen molar-refractivity contribution >= 4 is 63.4 Å². The lowest BCUT2D eigenvalue weighted by atomic mass is 10.1. The topological polar surface area (TPSA) is 143 Å². The quantitative estimate of drug-likeness (QED) is 0.0495. The molecule has 0 saturated heterocycles. The van der Waals surface area contributed by atoms with Crippen LogP contribution in [0.2, 0.25) is 0 Å². The van der Waals surface area contributed by atoms with Gasteiger partial charge in [0.2, 0.25) is 5.91 Å². The molecule has 0 aliphatic heterocycles. The maximum Gasteiger partial charge on any atom is 0.272 e. The number of carbonyl (C=O) groups excluding carboxylic acids is 3. The first-order chi connectivity index (χ1) is 25.2. The molecule has 1 heterocycles. The summed E-state index contributed by atoms with van der Waals surface area (Å²) < 4.78 is 13.6. The molecule has 1 atom stereocenters. The van der Waals surface area contributed by atoms with Crippen LogP contribution in [0.3, 0.4) is 0 Å². The van der Waals surface area contributed by atoms with E-state index in [4.69, 9.17) is 0 Å². The Balaban J connectivity index is 1.20. The highest BCUT2D eigenvalue weighted by atomic mass is 32.2. The molecule has 0 bridgehead atoms. The summed E-state index contributed by atoms with van der Waals surface area (Å²) in [6, 6.07) is 36.1. The first-order valence-corrected chi connectivity index (χ1v) is 17.5. The number of anilines is 2. The van der Waals surface area contributed by atoms with E-state index in [1.807, 2.05) is 30.3 Å². The number of halogens is 1. The van der Waals surface area contributed by atoms with E-state index in [0.29, 0.717) is 38.1 Å². The Hall–Kier alpha value is -6.44. The minimum absolute atomic E-state index is 0.0621. The number of nitrogens with one attached hydrogen (secondary N) is 3. The third-order valence-electron chi connectivity index (χ3n) is 7.48. The van der Waals surface area contributed by atoms with Crippen LogP contribution in [-0.2, 0) is 9.59 Å². The molecular formula is C39H28FN5O5S2. The largest absolute Gasteiger partial charge is 0.321 e. The predicted molar refractivity (Wildman–Crippen MR) is 201 cm³/mol. The summed E-state index contributed by atoms with van der Waals surface area (Å²) in [6.45, 7) is 0. The molecule has 0 spiro atoms. The zero-order chi connectivity index (χ0) is 36.5. The van der Waals surface area contributed by atoms with Gasteiger partial charge in [-0.1, -0.05) is 78.9 Å². The van der Waals surface area contributed by atoms with E-state index in [0.717, 1.165) is 5.56 Å². The Bertz CT molecular complexity index is 2260. The molecule has 0 saturated carbocycles. The smallest absolute Gasteiger partial charge is 0.272 e. The molecule has 6 aromatic rings. The molecule has 10 nitrogen and oxygen atoms in total. The molecule has 3 N–H and O–H groups in total. The van der Waals surface area contributed by atoms with Gasteiger partial charge in [0.15, 0.2) is 5.13 Å². The maximum absolute atomic E-state index is 13.8. The fraction of sp³-hybridized carbons (Fsp3) is 0.0256. The highest BCUT2D eigenvalue weighted by molar-refractivity contribution is 8.00. The van der Waals surface area contributed by atoms with Crippen molar-refractivity contribution in [1.29, 1.82) is 0 Å². The Kier molecular flexibility index (Phi) is 11.2. The monoisotopic (exact) mass is 729 g/mol. The minimum atomic E-state index is -0.726. The number of hydrogen-bond acceptors (Lipinski definition) is 8. The van der Waals surface area contributed by atoms with E-state index in [-0.39, 0.29) is 17.3 Å². The van der Waals surface area contributed by atoms with Crippen LogP contribution in [0.4, 0.5) is 20.9 Å². The number of hydrogen-bond donors (Lipinski definition) is 3. The number of nitro groups is 1. The van der Waals surface area contributed by atoms with Crippen molar-refractivity contribution in [2.45, 2.75) is 10.1 Å². The van der Waals surface area contributed by atoms with Gasteiger partial charge in [0, 0.05) is 39.2 Å². The van der Waals surface area contributed by atoms with Gasteiger partial charge in [-0.25, -0.2) is 9.37 Å². The van der Waals surface area contributed by atoms with Gasteiger partial charge in [-0.15, -0.1) is 23.1 Å². The standard InChI is InChI=1S/C39H28FN5O5S2/c40-29-19-17-25(18-20-29)21-33(42-36(46)27-11-5-2-6-12-27)37(47)41-30-14-8-16-32(23-30)52-35(26-9-3-1-4-10-26)38(48)44-39-43-34(24-51-39)28-13-7-15-31(22-28)45(49)50/h1-24,35H,(H,41,47)(H,42,46)(H,43,44,48)/b33-21-. The van der Waals surface area contributed by atoms with E-state index < -0.39 is 27.8 Å². The first-order valence-electron chi connectivity index (χ1n) is 15.7. The van der Waals surface area contributed by atoms with Gasteiger partial charge in [0.25, 0.3) is 17.5 Å². The molecule has 5 aromatic carbocycles. The molecule has 13 heteroatoms. The van der Waals surface area contributed by atoms with Gasteiger partial charge < -0.3 is 16.0 Å². The first kappa shape index (κ1) is 35.4. The molecule has 52 heavy (non-hydrogen) atoms. The molecule has 258 valence electrons. The highest BCUT2D eigenvalue weighted by Gasteiger charge is 2.24. The number of nitrogens with zero attached hydrogens (tertiary/aromatic N) is 2. The molecule has 0 aliphatic carbocycles. The third-order valence-corrected chi connectivity index (χ3v) is 9.49. The number of aromatic nitrogens is 1. The molecule has 1 aromatic heterocycles. The number of thioether (sulfide) groups is 1. The van der Waals surface area contributed by atoms with Crippen LogP contribution in [0, 0.1) is 15.9 Å². The lowest BCUT2D eigenvalue weighted by molar-refractivity contribution is -0.384. The van der Waals surface area contributed by atoms with Crippen LogP contribution in [0.5, 0.6) is 0 Å². The van der Waals surface area contributed by atoms with Gasteiger partial charge in [-0.05, 0) is 59.7 Å². The summed E-state index contributed by atoms with van der Waals surface area (Å²) in [5.74, 6) is -1.90. The maximum atomic E-state index is 13.8. The Morgan fingerprint density at radius 2 is 1.54 bits per heavy atom.